The average Bonchev–Trinajstić information content (AvgIpc) is 3.98. The molecule has 1 spiro atoms. The highest BCUT2D eigenvalue weighted by atomic mass is 32.2. The number of aromatic nitrogens is 1. The molecule has 3 aliphatic heterocycles. The molecular formula is C42H51F3N4O9S. The van der Waals surface area contributed by atoms with Gasteiger partial charge in [0.2, 0.25) is 21.8 Å². The minimum absolute atomic E-state index is 0.0912. The van der Waals surface area contributed by atoms with E-state index in [1.54, 1.807) is 19.1 Å². The third kappa shape index (κ3) is 7.99. The molecule has 13 nitrogen and oxygen atoms in total. The summed E-state index contributed by atoms with van der Waals surface area (Å²) in [6.07, 6.45) is 5.53. The van der Waals surface area contributed by atoms with E-state index in [1.807, 2.05) is 6.08 Å². The number of amides is 3. The predicted molar refractivity (Wildman–Crippen MR) is 207 cm³/mol. The van der Waals surface area contributed by atoms with E-state index >= 15 is 0 Å². The second-order valence-electron chi connectivity index (χ2n) is 17.6. The first-order valence-electron chi connectivity index (χ1n) is 20.8. The van der Waals surface area contributed by atoms with E-state index in [-0.39, 0.29) is 55.8 Å². The topological polar surface area (TPSA) is 170 Å². The molecule has 3 aliphatic carbocycles. The van der Waals surface area contributed by atoms with Gasteiger partial charge in [0.25, 0.3) is 5.91 Å². The van der Waals surface area contributed by atoms with Crippen molar-refractivity contribution < 1.29 is 55.0 Å². The molecule has 8 rings (SSSR count). The number of hydrogen-bond acceptors (Lipinski definition) is 10. The Kier molecular flexibility index (Phi) is 10.7. The Morgan fingerprint density at radius 3 is 2.51 bits per heavy atom. The van der Waals surface area contributed by atoms with Crippen LogP contribution in [0.15, 0.2) is 30.4 Å². The van der Waals surface area contributed by atoms with Crippen LogP contribution in [0.4, 0.5) is 13.2 Å². The second kappa shape index (κ2) is 15.2. The molecule has 2 N–H and O–H groups in total. The summed E-state index contributed by atoms with van der Waals surface area (Å²) >= 11 is 0. The number of carbonyl (C=O) groups is 4. The Morgan fingerprint density at radius 2 is 1.80 bits per heavy atom. The zero-order valence-corrected chi connectivity index (χ0v) is 34.1. The van der Waals surface area contributed by atoms with Crippen LogP contribution in [0, 0.1) is 11.8 Å². The van der Waals surface area contributed by atoms with Crippen molar-refractivity contribution in [2.75, 3.05) is 13.7 Å². The van der Waals surface area contributed by atoms with Crippen LogP contribution in [0.1, 0.15) is 114 Å². The number of rotatable bonds is 7. The third-order valence-corrected chi connectivity index (χ3v) is 15.6. The van der Waals surface area contributed by atoms with Crippen molar-refractivity contribution >= 4 is 44.6 Å². The molecule has 0 unspecified atom stereocenters. The van der Waals surface area contributed by atoms with Gasteiger partial charge in [-0.1, -0.05) is 25.0 Å². The smallest absolute Gasteiger partial charge is 0.437 e. The van der Waals surface area contributed by atoms with E-state index in [0.29, 0.717) is 43.2 Å². The number of fused-ring (bicyclic) bond motifs is 5. The summed E-state index contributed by atoms with van der Waals surface area (Å²) in [5.41, 5.74) is -3.99. The van der Waals surface area contributed by atoms with E-state index in [0.717, 1.165) is 38.5 Å². The van der Waals surface area contributed by atoms with Gasteiger partial charge in [-0.25, -0.2) is 13.4 Å². The first-order chi connectivity index (χ1) is 28.0. The van der Waals surface area contributed by atoms with Gasteiger partial charge in [-0.3, -0.25) is 23.9 Å². The largest absolute Gasteiger partial charge is 0.497 e. The van der Waals surface area contributed by atoms with Gasteiger partial charge >= 0.3 is 12.1 Å². The number of benzene rings is 1. The lowest BCUT2D eigenvalue weighted by Crippen LogP contribution is -2.57. The van der Waals surface area contributed by atoms with E-state index < -0.39 is 85.1 Å². The lowest BCUT2D eigenvalue weighted by atomic mass is 9.87. The maximum Gasteiger partial charge on any atom is 0.437 e. The number of pyridine rings is 1. The summed E-state index contributed by atoms with van der Waals surface area (Å²) in [7, 11) is -2.64. The van der Waals surface area contributed by atoms with Crippen LogP contribution in [-0.2, 0) is 46.5 Å². The number of methoxy groups -OCH3 is 1. The van der Waals surface area contributed by atoms with E-state index in [2.05, 4.69) is 15.0 Å². The number of hydrogen-bond donors (Lipinski definition) is 2. The summed E-state index contributed by atoms with van der Waals surface area (Å²) in [5.74, 6) is -4.24. The van der Waals surface area contributed by atoms with Gasteiger partial charge < -0.3 is 24.4 Å². The monoisotopic (exact) mass is 844 g/mol. The van der Waals surface area contributed by atoms with Crippen LogP contribution < -0.4 is 19.5 Å². The quantitative estimate of drug-likeness (QED) is 0.256. The molecule has 0 radical (unpaired) electrons. The van der Waals surface area contributed by atoms with Crippen molar-refractivity contribution in [1.29, 1.82) is 0 Å². The number of carbonyl (C=O) groups excluding carboxylic acids is 4. The Hall–Kier alpha value is -4.41. The van der Waals surface area contributed by atoms with Gasteiger partial charge in [0.1, 0.15) is 29.0 Å². The molecule has 5 atom stereocenters. The van der Waals surface area contributed by atoms with Crippen LogP contribution in [0.3, 0.4) is 0 Å². The molecule has 320 valence electrons. The number of ether oxygens (including phenoxy) is 3. The maximum atomic E-state index is 14.8. The van der Waals surface area contributed by atoms with E-state index in [9.17, 15) is 40.8 Å². The molecule has 17 heteroatoms. The molecule has 2 aromatic rings. The van der Waals surface area contributed by atoms with Gasteiger partial charge in [0.05, 0.1) is 30.3 Å². The normalized spacial score (nSPS) is 30.2. The summed E-state index contributed by atoms with van der Waals surface area (Å²) in [6.45, 7) is 1.27. The Labute approximate surface area is 341 Å². The molecule has 1 aromatic heterocycles. The first-order valence-corrected chi connectivity index (χ1v) is 22.3. The van der Waals surface area contributed by atoms with Crippen molar-refractivity contribution in [2.24, 2.45) is 11.8 Å². The molecule has 1 aromatic carbocycles. The van der Waals surface area contributed by atoms with Gasteiger partial charge in [0, 0.05) is 29.2 Å². The minimum atomic E-state index is -4.91. The van der Waals surface area contributed by atoms with Crippen molar-refractivity contribution in [1.82, 2.24) is 19.9 Å². The SMILES string of the molecule is COc1ccc2nc(C(F)(F)F)c3c(c2c1)CC[C@]1(C[C@H]2C(=O)N[C@]4(C(=O)NS(=O)(=O)C5(C)CC5)C[C@H]4/C=C\CCCCC[C@H](CC(=O)OC4CCCC4)C(=O)N2C1)O3. The summed E-state index contributed by atoms with van der Waals surface area (Å²) in [5, 5.41) is 3.24. The van der Waals surface area contributed by atoms with Gasteiger partial charge in [-0.2, -0.15) is 13.2 Å². The molecule has 0 bridgehead atoms. The Balaban J connectivity index is 1.15. The second-order valence-corrected chi connectivity index (χ2v) is 19.8. The molecule has 4 fully saturated rings. The maximum absolute atomic E-state index is 14.8. The standard InChI is InChI=1S/C42H51F3N4O9S/c1-39(18-19-39)59(54,55)48-38(53)41-22-26(41)11-7-5-3-4-6-10-25(20-33(50)57-27-12-8-9-13-27)37(52)49-24-40(23-32(49)36(51)47-41)17-16-29-30-21-28(56-2)14-15-31(30)46-35(34(29)58-40)42(43,44)45/h7,11,14-15,21,25-27,32H,3-6,8-10,12-13,16-20,22-24H2,1-2H3,(H,47,51)(H,48,53)/b11-7-/t25-,26-,32+,40-,41-/m1/s1. The molecule has 6 aliphatic rings. The van der Waals surface area contributed by atoms with Crippen LogP contribution in [0.25, 0.3) is 10.9 Å². The van der Waals surface area contributed by atoms with Crippen molar-refractivity contribution in [3.8, 4) is 11.5 Å². The number of alkyl halides is 3. The molecule has 1 saturated heterocycles. The van der Waals surface area contributed by atoms with Crippen molar-refractivity contribution in [3.05, 3.63) is 41.6 Å². The number of nitrogens with one attached hydrogen (secondary N) is 2. The lowest BCUT2D eigenvalue weighted by molar-refractivity contribution is -0.154. The highest BCUT2D eigenvalue weighted by Crippen LogP contribution is 2.51. The molecule has 59 heavy (non-hydrogen) atoms. The number of allylic oxidation sites excluding steroid dienone is 1. The number of esters is 1. The highest BCUT2D eigenvalue weighted by Gasteiger charge is 2.64. The van der Waals surface area contributed by atoms with Gasteiger partial charge in [-0.15, -0.1) is 0 Å². The lowest BCUT2D eigenvalue weighted by Gasteiger charge is -2.37. The molecule has 3 amide bonds. The van der Waals surface area contributed by atoms with E-state index in [1.165, 1.54) is 24.1 Å². The fourth-order valence-electron chi connectivity index (χ4n) is 9.40. The minimum Gasteiger partial charge on any atom is -0.497 e. The van der Waals surface area contributed by atoms with Crippen LogP contribution in [0.2, 0.25) is 0 Å². The van der Waals surface area contributed by atoms with Crippen LogP contribution in [0.5, 0.6) is 11.5 Å². The Bertz CT molecular complexity index is 2190. The number of halogens is 3. The first kappa shape index (κ1) is 41.3. The molecule has 4 heterocycles. The van der Waals surface area contributed by atoms with Crippen LogP contribution >= 0.6 is 0 Å². The molecular weight excluding hydrogens is 794 g/mol. The summed E-state index contributed by atoms with van der Waals surface area (Å²) < 4.78 is 89.4. The van der Waals surface area contributed by atoms with Crippen molar-refractivity contribution in [2.45, 2.75) is 144 Å². The van der Waals surface area contributed by atoms with Crippen LogP contribution in [-0.4, -0.2) is 83.7 Å². The van der Waals surface area contributed by atoms with Crippen molar-refractivity contribution in [3.63, 3.8) is 0 Å². The number of nitrogens with zero attached hydrogens (tertiary/aromatic N) is 2. The predicted octanol–water partition coefficient (Wildman–Crippen LogP) is 5.81. The Morgan fingerprint density at radius 1 is 1.05 bits per heavy atom. The summed E-state index contributed by atoms with van der Waals surface area (Å²) in [4.78, 5) is 62.1. The molecule has 3 saturated carbocycles. The fourth-order valence-corrected chi connectivity index (χ4v) is 10.7. The van der Waals surface area contributed by atoms with E-state index in [4.69, 9.17) is 14.2 Å². The zero-order valence-electron chi connectivity index (χ0n) is 33.3. The summed E-state index contributed by atoms with van der Waals surface area (Å²) in [6, 6.07) is 3.23. The number of sulfonamides is 1. The van der Waals surface area contributed by atoms with Gasteiger partial charge in [0.15, 0.2) is 11.4 Å². The highest BCUT2D eigenvalue weighted by molar-refractivity contribution is 7.91. The third-order valence-electron chi connectivity index (χ3n) is 13.4. The fraction of sp³-hybridized carbons (Fsp3) is 0.643. The van der Waals surface area contributed by atoms with Gasteiger partial charge in [-0.05, 0) is 102 Å². The average molecular weight is 845 g/mol. The zero-order chi connectivity index (χ0) is 42.0. The number of aryl methyl sites for hydroxylation is 1.